The van der Waals surface area contributed by atoms with E-state index >= 15 is 0 Å². The van der Waals surface area contributed by atoms with Gasteiger partial charge in [-0.2, -0.15) is 0 Å². The molecule has 3 N–H and O–H groups in total. The maximum absolute atomic E-state index is 11.8. The van der Waals surface area contributed by atoms with Crippen LogP contribution in [0.5, 0.6) is 5.75 Å². The van der Waals surface area contributed by atoms with Gasteiger partial charge in [0.1, 0.15) is 30.2 Å². The summed E-state index contributed by atoms with van der Waals surface area (Å²) in [7, 11) is 0. The number of nitrogens with zero attached hydrogens (tertiary/aromatic N) is 1. The van der Waals surface area contributed by atoms with E-state index in [-0.39, 0.29) is 11.2 Å². The number of phenols is 1. The summed E-state index contributed by atoms with van der Waals surface area (Å²) in [4.78, 5) is 35.3. The van der Waals surface area contributed by atoms with Crippen LogP contribution < -0.4 is 10.3 Å². The average Bonchev–Trinajstić information content (AvgIpc) is 2.71. The summed E-state index contributed by atoms with van der Waals surface area (Å²) in [6, 6.07) is 16.0. The Hall–Kier alpha value is -4.33. The lowest BCUT2D eigenvalue weighted by Crippen LogP contribution is -2.34. The first-order valence-corrected chi connectivity index (χ1v) is 9.30. The normalized spacial score (nSPS) is 11.0. The molecule has 1 heterocycles. The summed E-state index contributed by atoms with van der Waals surface area (Å²) in [5.41, 5.74) is 2.85. The molecule has 0 saturated heterocycles. The Morgan fingerprint density at radius 1 is 0.871 bits per heavy atom. The molecule has 4 rings (SSSR count). The van der Waals surface area contributed by atoms with Crippen LogP contribution in [0.4, 0.5) is 5.69 Å². The van der Waals surface area contributed by atoms with Crippen LogP contribution in [0.25, 0.3) is 33.4 Å². The molecule has 31 heavy (non-hydrogen) atoms. The predicted octanol–water partition coefficient (Wildman–Crippen LogP) is 3.25. The van der Waals surface area contributed by atoms with Gasteiger partial charge in [-0.15, -0.1) is 0 Å². The highest BCUT2D eigenvalue weighted by atomic mass is 16.4. The number of phenolic OH excluding ortho intramolecular Hbond substituents is 1. The molecule has 0 saturated carbocycles. The first kappa shape index (κ1) is 20.0. The van der Waals surface area contributed by atoms with Crippen molar-refractivity contribution in [3.05, 3.63) is 70.9 Å². The molecule has 1 aliphatic carbocycles. The molecule has 0 unspecified atom stereocenters. The van der Waals surface area contributed by atoms with Crippen LogP contribution in [0.1, 0.15) is 0 Å². The van der Waals surface area contributed by atoms with Crippen LogP contribution in [-0.4, -0.2) is 40.3 Å². The molecule has 8 heteroatoms. The van der Waals surface area contributed by atoms with E-state index in [0.29, 0.717) is 28.0 Å². The van der Waals surface area contributed by atoms with Crippen molar-refractivity contribution in [3.63, 3.8) is 0 Å². The third-order valence-corrected chi connectivity index (χ3v) is 4.85. The number of aromatic hydroxyl groups is 1. The van der Waals surface area contributed by atoms with Crippen molar-refractivity contribution in [2.75, 3.05) is 18.0 Å². The van der Waals surface area contributed by atoms with Gasteiger partial charge in [0, 0.05) is 34.3 Å². The van der Waals surface area contributed by atoms with Crippen LogP contribution in [0.2, 0.25) is 0 Å². The first-order chi connectivity index (χ1) is 14.8. The molecule has 0 fully saturated rings. The smallest absolute Gasteiger partial charge is 0.323 e. The SMILES string of the molecule is O=C(O)CN(CC(=O)O)c1ccc(-c2c3ccc(=O)cc-3oc3cc(O)ccc23)cc1. The van der Waals surface area contributed by atoms with Crippen LogP contribution in [-0.2, 0) is 9.59 Å². The second-order valence-corrected chi connectivity index (χ2v) is 7.01. The van der Waals surface area contributed by atoms with Gasteiger partial charge in [0.25, 0.3) is 0 Å². The Balaban J connectivity index is 1.87. The third-order valence-electron chi connectivity index (χ3n) is 4.85. The van der Waals surface area contributed by atoms with E-state index in [4.69, 9.17) is 14.6 Å². The van der Waals surface area contributed by atoms with E-state index in [2.05, 4.69) is 0 Å². The van der Waals surface area contributed by atoms with Crippen molar-refractivity contribution in [3.8, 4) is 28.2 Å². The number of carboxylic acid groups (broad SMARTS) is 2. The van der Waals surface area contributed by atoms with Gasteiger partial charge in [-0.25, -0.2) is 0 Å². The lowest BCUT2D eigenvalue weighted by Gasteiger charge is -2.21. The highest BCUT2D eigenvalue weighted by Gasteiger charge is 2.19. The number of benzene rings is 3. The van der Waals surface area contributed by atoms with Crippen LogP contribution in [0.3, 0.4) is 0 Å². The Kier molecular flexibility index (Phi) is 5.04. The Labute approximate surface area is 175 Å². The van der Waals surface area contributed by atoms with E-state index in [1.165, 1.54) is 29.2 Å². The molecule has 2 aliphatic rings. The second-order valence-electron chi connectivity index (χ2n) is 7.01. The van der Waals surface area contributed by atoms with E-state index in [9.17, 15) is 19.5 Å². The van der Waals surface area contributed by atoms with Crippen LogP contribution in [0, 0.1) is 0 Å². The van der Waals surface area contributed by atoms with Gasteiger partial charge < -0.3 is 24.6 Å². The Bertz CT molecular complexity index is 1310. The highest BCUT2D eigenvalue weighted by Crippen LogP contribution is 2.40. The van der Waals surface area contributed by atoms with Crippen molar-refractivity contribution in [2.45, 2.75) is 0 Å². The molecule has 0 atom stereocenters. The third kappa shape index (κ3) is 4.04. The fraction of sp³-hybridized carbons (Fsp3) is 0.0870. The molecule has 2 aromatic carbocycles. The fourth-order valence-corrected chi connectivity index (χ4v) is 3.57. The van der Waals surface area contributed by atoms with Crippen LogP contribution in [0.15, 0.2) is 69.9 Å². The standard InChI is InChI=1S/C23H17NO7/c25-15-5-7-17-19(9-15)31-20-10-16(26)6-8-18(20)23(17)13-1-3-14(4-2-13)24(11-21(27)28)12-22(29)30/h1-10,25H,11-12H2,(H,27,28)(H,29,30). The van der Waals surface area contributed by atoms with Gasteiger partial charge in [0.2, 0.25) is 0 Å². The molecule has 0 amide bonds. The summed E-state index contributed by atoms with van der Waals surface area (Å²) in [5, 5.41) is 28.7. The molecule has 0 aromatic heterocycles. The Morgan fingerprint density at radius 3 is 2.19 bits per heavy atom. The monoisotopic (exact) mass is 419 g/mol. The zero-order chi connectivity index (χ0) is 22.1. The Morgan fingerprint density at radius 2 is 1.55 bits per heavy atom. The zero-order valence-electron chi connectivity index (χ0n) is 16.1. The fourth-order valence-electron chi connectivity index (χ4n) is 3.57. The number of rotatable bonds is 6. The summed E-state index contributed by atoms with van der Waals surface area (Å²) in [6.45, 7) is -0.902. The van der Waals surface area contributed by atoms with Gasteiger partial charge in [-0.1, -0.05) is 12.1 Å². The molecule has 156 valence electrons. The molecule has 0 spiro atoms. The minimum atomic E-state index is -1.14. The maximum atomic E-state index is 11.8. The molecular formula is C23H17NO7. The molecule has 0 bridgehead atoms. The lowest BCUT2D eigenvalue weighted by atomic mass is 9.93. The molecular weight excluding hydrogens is 402 g/mol. The van der Waals surface area contributed by atoms with E-state index in [1.807, 2.05) is 0 Å². The molecule has 8 nitrogen and oxygen atoms in total. The van der Waals surface area contributed by atoms with Crippen molar-refractivity contribution >= 4 is 28.6 Å². The van der Waals surface area contributed by atoms with Crippen LogP contribution >= 0.6 is 0 Å². The van der Waals surface area contributed by atoms with Crippen molar-refractivity contribution < 1.29 is 29.3 Å². The highest BCUT2D eigenvalue weighted by molar-refractivity contribution is 6.02. The predicted molar refractivity (Wildman–Crippen MR) is 114 cm³/mol. The summed E-state index contributed by atoms with van der Waals surface area (Å²) >= 11 is 0. The quantitative estimate of drug-likeness (QED) is 0.406. The minimum Gasteiger partial charge on any atom is -0.508 e. The number of anilines is 1. The minimum absolute atomic E-state index is 0.0214. The van der Waals surface area contributed by atoms with E-state index in [1.54, 1.807) is 36.4 Å². The summed E-state index contributed by atoms with van der Waals surface area (Å²) in [5.74, 6) is -1.89. The number of aliphatic carboxylic acids is 2. The van der Waals surface area contributed by atoms with Crippen molar-refractivity contribution in [1.82, 2.24) is 0 Å². The first-order valence-electron chi connectivity index (χ1n) is 9.30. The van der Waals surface area contributed by atoms with E-state index < -0.39 is 25.0 Å². The number of hydrogen-bond acceptors (Lipinski definition) is 6. The van der Waals surface area contributed by atoms with Gasteiger partial charge in [-0.05, 0) is 42.0 Å². The van der Waals surface area contributed by atoms with Gasteiger partial charge in [-0.3, -0.25) is 14.4 Å². The molecule has 1 aliphatic heterocycles. The topological polar surface area (TPSA) is 128 Å². The van der Waals surface area contributed by atoms with Gasteiger partial charge in [0.15, 0.2) is 5.43 Å². The number of hydrogen-bond donors (Lipinski definition) is 3. The average molecular weight is 419 g/mol. The number of carboxylic acids is 2. The lowest BCUT2D eigenvalue weighted by molar-refractivity contribution is -0.136. The number of fused-ring (bicyclic) bond motifs is 2. The largest absolute Gasteiger partial charge is 0.508 e. The summed E-state index contributed by atoms with van der Waals surface area (Å²) < 4.78 is 5.82. The van der Waals surface area contributed by atoms with Crippen molar-refractivity contribution in [2.24, 2.45) is 0 Å². The second kappa shape index (κ2) is 7.83. The van der Waals surface area contributed by atoms with Gasteiger partial charge in [0.05, 0.1) is 0 Å². The van der Waals surface area contributed by atoms with E-state index in [0.717, 1.165) is 11.1 Å². The van der Waals surface area contributed by atoms with Crippen molar-refractivity contribution in [1.29, 1.82) is 0 Å². The molecule has 0 radical (unpaired) electrons. The zero-order valence-corrected chi connectivity index (χ0v) is 16.1. The number of carbonyl (C=O) groups is 2. The van der Waals surface area contributed by atoms with Gasteiger partial charge >= 0.3 is 11.9 Å². The molecule has 2 aromatic rings. The summed E-state index contributed by atoms with van der Waals surface area (Å²) in [6.07, 6.45) is 0. The maximum Gasteiger partial charge on any atom is 0.323 e.